The Labute approximate surface area is 111 Å². The average Bonchev–Trinajstić information content (AvgIpc) is 2.40. The second-order valence-electron chi connectivity index (χ2n) is 4.74. The minimum absolute atomic E-state index is 0.279. The summed E-state index contributed by atoms with van der Waals surface area (Å²) in [6, 6.07) is 14.9. The molecular weight excluding hydrogens is 240 g/mol. The van der Waals surface area contributed by atoms with Crippen molar-refractivity contribution in [3.8, 4) is 5.75 Å². The fourth-order valence-electron chi connectivity index (χ4n) is 2.40. The molecule has 3 rings (SSSR count). The molecular formula is C16H14O3. The van der Waals surface area contributed by atoms with Crippen LogP contribution in [0.3, 0.4) is 0 Å². The van der Waals surface area contributed by atoms with Crippen molar-refractivity contribution in [2.45, 2.75) is 12.3 Å². The van der Waals surface area contributed by atoms with Crippen molar-refractivity contribution in [2.75, 3.05) is 6.61 Å². The molecule has 1 aliphatic rings. The largest absolute Gasteiger partial charge is 0.493 e. The number of aromatic carboxylic acids is 1. The van der Waals surface area contributed by atoms with Gasteiger partial charge in [0.25, 0.3) is 0 Å². The van der Waals surface area contributed by atoms with E-state index in [4.69, 9.17) is 9.84 Å². The minimum atomic E-state index is -0.917. The van der Waals surface area contributed by atoms with E-state index in [1.54, 1.807) is 24.3 Å². The summed E-state index contributed by atoms with van der Waals surface area (Å²) in [5.74, 6) is 0.254. The highest BCUT2D eigenvalue weighted by Gasteiger charge is 2.25. The molecule has 96 valence electrons. The first-order valence-electron chi connectivity index (χ1n) is 6.28. The van der Waals surface area contributed by atoms with Crippen LogP contribution in [0.4, 0.5) is 0 Å². The summed E-state index contributed by atoms with van der Waals surface area (Å²) >= 11 is 0. The molecule has 0 heterocycles. The SMILES string of the molecule is O=C(O)c1ccc(OCC2Cc3ccccc32)cc1. The Kier molecular flexibility index (Phi) is 2.95. The van der Waals surface area contributed by atoms with Crippen LogP contribution in [-0.4, -0.2) is 17.7 Å². The lowest BCUT2D eigenvalue weighted by Gasteiger charge is -2.29. The van der Waals surface area contributed by atoms with Crippen molar-refractivity contribution < 1.29 is 14.6 Å². The van der Waals surface area contributed by atoms with Gasteiger partial charge in [-0.05, 0) is 41.8 Å². The lowest BCUT2D eigenvalue weighted by Crippen LogP contribution is -2.23. The number of ether oxygens (including phenoxy) is 1. The molecule has 0 bridgehead atoms. The molecule has 0 aromatic heterocycles. The topological polar surface area (TPSA) is 46.5 Å². The van der Waals surface area contributed by atoms with Gasteiger partial charge in [-0.25, -0.2) is 4.79 Å². The quantitative estimate of drug-likeness (QED) is 0.911. The van der Waals surface area contributed by atoms with Crippen molar-refractivity contribution in [3.63, 3.8) is 0 Å². The summed E-state index contributed by atoms with van der Waals surface area (Å²) < 4.78 is 5.71. The standard InChI is InChI=1S/C16H14O3/c17-16(18)11-5-7-14(8-6-11)19-10-13-9-12-3-1-2-4-15(12)13/h1-8,13H,9-10H2,(H,17,18). The Morgan fingerprint density at radius 1 is 1.16 bits per heavy atom. The molecule has 0 fully saturated rings. The molecule has 0 saturated heterocycles. The first kappa shape index (κ1) is 11.8. The van der Waals surface area contributed by atoms with E-state index < -0.39 is 5.97 Å². The molecule has 0 aliphatic heterocycles. The van der Waals surface area contributed by atoms with Crippen molar-refractivity contribution in [3.05, 3.63) is 65.2 Å². The molecule has 0 saturated carbocycles. The molecule has 1 N–H and O–H groups in total. The predicted octanol–water partition coefficient (Wildman–Crippen LogP) is 3.10. The van der Waals surface area contributed by atoms with E-state index >= 15 is 0 Å². The minimum Gasteiger partial charge on any atom is -0.493 e. The van der Waals surface area contributed by atoms with Crippen LogP contribution in [0.5, 0.6) is 5.75 Å². The molecule has 19 heavy (non-hydrogen) atoms. The Hall–Kier alpha value is -2.29. The highest BCUT2D eigenvalue weighted by Crippen LogP contribution is 2.35. The van der Waals surface area contributed by atoms with Gasteiger partial charge in [-0.2, -0.15) is 0 Å². The molecule has 2 aromatic rings. The maximum atomic E-state index is 10.7. The lowest BCUT2D eigenvalue weighted by atomic mass is 9.78. The molecule has 0 radical (unpaired) electrons. The van der Waals surface area contributed by atoms with E-state index in [2.05, 4.69) is 18.2 Å². The molecule has 0 spiro atoms. The van der Waals surface area contributed by atoms with Crippen molar-refractivity contribution in [1.29, 1.82) is 0 Å². The van der Waals surface area contributed by atoms with E-state index in [1.807, 2.05) is 6.07 Å². The molecule has 1 aliphatic carbocycles. The van der Waals surface area contributed by atoms with Gasteiger partial charge in [0, 0.05) is 5.92 Å². The van der Waals surface area contributed by atoms with Crippen LogP contribution < -0.4 is 4.74 Å². The summed E-state index contributed by atoms with van der Waals surface area (Å²) in [5, 5.41) is 8.81. The predicted molar refractivity (Wildman–Crippen MR) is 71.8 cm³/mol. The smallest absolute Gasteiger partial charge is 0.335 e. The molecule has 0 amide bonds. The van der Waals surface area contributed by atoms with E-state index in [0.29, 0.717) is 12.5 Å². The highest BCUT2D eigenvalue weighted by molar-refractivity contribution is 5.87. The zero-order valence-electron chi connectivity index (χ0n) is 10.4. The third-order valence-electron chi connectivity index (χ3n) is 3.51. The van der Waals surface area contributed by atoms with E-state index in [0.717, 1.165) is 12.2 Å². The van der Waals surface area contributed by atoms with Crippen LogP contribution in [-0.2, 0) is 6.42 Å². The molecule has 3 heteroatoms. The Bertz CT molecular complexity index is 602. The highest BCUT2D eigenvalue weighted by atomic mass is 16.5. The normalized spacial score (nSPS) is 16.3. The van der Waals surface area contributed by atoms with Crippen LogP contribution in [0.15, 0.2) is 48.5 Å². The number of rotatable bonds is 4. The molecule has 1 atom stereocenters. The Balaban J connectivity index is 1.60. The average molecular weight is 254 g/mol. The van der Waals surface area contributed by atoms with Gasteiger partial charge in [-0.15, -0.1) is 0 Å². The van der Waals surface area contributed by atoms with Gasteiger partial charge in [0.05, 0.1) is 12.2 Å². The number of hydrogen-bond donors (Lipinski definition) is 1. The Morgan fingerprint density at radius 3 is 2.58 bits per heavy atom. The summed E-state index contributed by atoms with van der Waals surface area (Å²) in [6.07, 6.45) is 1.06. The third kappa shape index (κ3) is 2.32. The summed E-state index contributed by atoms with van der Waals surface area (Å²) in [5.41, 5.74) is 3.04. The third-order valence-corrected chi connectivity index (χ3v) is 3.51. The zero-order valence-corrected chi connectivity index (χ0v) is 10.4. The van der Waals surface area contributed by atoms with Crippen LogP contribution >= 0.6 is 0 Å². The lowest BCUT2D eigenvalue weighted by molar-refractivity contribution is 0.0697. The van der Waals surface area contributed by atoms with Gasteiger partial charge >= 0.3 is 5.97 Å². The van der Waals surface area contributed by atoms with Crippen molar-refractivity contribution in [1.82, 2.24) is 0 Å². The van der Waals surface area contributed by atoms with Gasteiger partial charge in [0.1, 0.15) is 5.75 Å². The van der Waals surface area contributed by atoms with Crippen molar-refractivity contribution >= 4 is 5.97 Å². The van der Waals surface area contributed by atoms with Crippen molar-refractivity contribution in [2.24, 2.45) is 0 Å². The van der Waals surface area contributed by atoms with E-state index in [1.165, 1.54) is 11.1 Å². The summed E-state index contributed by atoms with van der Waals surface area (Å²) in [6.45, 7) is 0.642. The number of carbonyl (C=O) groups is 1. The van der Waals surface area contributed by atoms with Crippen LogP contribution in [0.25, 0.3) is 0 Å². The van der Waals surface area contributed by atoms with Gasteiger partial charge in [0.15, 0.2) is 0 Å². The maximum Gasteiger partial charge on any atom is 0.335 e. The number of fused-ring (bicyclic) bond motifs is 1. The van der Waals surface area contributed by atoms with Crippen LogP contribution in [0, 0.1) is 0 Å². The van der Waals surface area contributed by atoms with Gasteiger partial charge in [-0.3, -0.25) is 0 Å². The second-order valence-corrected chi connectivity index (χ2v) is 4.74. The van der Waals surface area contributed by atoms with Crippen LogP contribution in [0.1, 0.15) is 27.4 Å². The second kappa shape index (κ2) is 4.76. The molecule has 3 nitrogen and oxygen atoms in total. The molecule has 1 unspecified atom stereocenters. The first-order valence-corrected chi connectivity index (χ1v) is 6.28. The fraction of sp³-hybridized carbons (Fsp3) is 0.188. The number of benzene rings is 2. The number of carboxylic acid groups (broad SMARTS) is 1. The summed E-state index contributed by atoms with van der Waals surface area (Å²) in [4.78, 5) is 10.7. The van der Waals surface area contributed by atoms with Crippen LogP contribution in [0.2, 0.25) is 0 Å². The number of hydrogen-bond acceptors (Lipinski definition) is 2. The zero-order chi connectivity index (χ0) is 13.2. The summed E-state index contributed by atoms with van der Waals surface area (Å²) in [7, 11) is 0. The number of carboxylic acids is 1. The Morgan fingerprint density at radius 2 is 1.89 bits per heavy atom. The molecule has 2 aromatic carbocycles. The maximum absolute atomic E-state index is 10.7. The fourth-order valence-corrected chi connectivity index (χ4v) is 2.40. The van der Waals surface area contributed by atoms with E-state index in [9.17, 15) is 4.79 Å². The monoisotopic (exact) mass is 254 g/mol. The van der Waals surface area contributed by atoms with Gasteiger partial charge in [0.2, 0.25) is 0 Å². The van der Waals surface area contributed by atoms with Gasteiger partial charge < -0.3 is 9.84 Å². The van der Waals surface area contributed by atoms with Gasteiger partial charge in [-0.1, -0.05) is 24.3 Å². The first-order chi connectivity index (χ1) is 9.24. The van der Waals surface area contributed by atoms with E-state index in [-0.39, 0.29) is 5.56 Å².